The Hall–Kier alpha value is -2.27. The van der Waals surface area contributed by atoms with Crippen LogP contribution >= 0.6 is 0 Å². The van der Waals surface area contributed by atoms with Gasteiger partial charge in [-0.2, -0.15) is 0 Å². The van der Waals surface area contributed by atoms with Gasteiger partial charge in [0.25, 0.3) is 5.91 Å². The second kappa shape index (κ2) is 6.87. The van der Waals surface area contributed by atoms with Crippen LogP contribution in [-0.4, -0.2) is 24.2 Å². The predicted molar refractivity (Wildman–Crippen MR) is 87.7 cm³/mol. The molecule has 0 aliphatic heterocycles. The largest absolute Gasteiger partial charge is 0.494 e. The SMILES string of the molecule is CCOc1ccc(C(=O)NCC(C)(O)c2cc(C)oc2C)cc1. The number of aryl methyl sites for hydroxylation is 2. The van der Waals surface area contributed by atoms with Crippen molar-refractivity contribution in [2.45, 2.75) is 33.3 Å². The highest BCUT2D eigenvalue weighted by Crippen LogP contribution is 2.26. The van der Waals surface area contributed by atoms with Gasteiger partial charge in [0.2, 0.25) is 0 Å². The number of ether oxygens (including phenoxy) is 1. The number of benzene rings is 1. The Bertz CT molecular complexity index is 671. The molecule has 1 aromatic heterocycles. The van der Waals surface area contributed by atoms with Gasteiger partial charge in [0, 0.05) is 11.1 Å². The van der Waals surface area contributed by atoms with Crippen molar-refractivity contribution >= 4 is 5.91 Å². The normalized spacial score (nSPS) is 13.4. The van der Waals surface area contributed by atoms with Crippen molar-refractivity contribution in [3.05, 3.63) is 53.0 Å². The molecule has 0 aliphatic rings. The van der Waals surface area contributed by atoms with Crippen LogP contribution in [0.3, 0.4) is 0 Å². The maximum Gasteiger partial charge on any atom is 0.251 e. The minimum Gasteiger partial charge on any atom is -0.494 e. The van der Waals surface area contributed by atoms with E-state index in [9.17, 15) is 9.90 Å². The Kier molecular flexibility index (Phi) is 5.11. The highest BCUT2D eigenvalue weighted by molar-refractivity contribution is 5.94. The first kappa shape index (κ1) is 17.1. The Balaban J connectivity index is 2.01. The lowest BCUT2D eigenvalue weighted by Crippen LogP contribution is -2.38. The summed E-state index contributed by atoms with van der Waals surface area (Å²) in [5, 5.41) is 13.3. The van der Waals surface area contributed by atoms with E-state index in [-0.39, 0.29) is 12.5 Å². The number of aliphatic hydroxyl groups is 1. The second-order valence-corrected chi connectivity index (χ2v) is 5.74. The molecule has 5 nitrogen and oxygen atoms in total. The monoisotopic (exact) mass is 317 g/mol. The molecule has 0 bridgehead atoms. The molecule has 2 N–H and O–H groups in total. The van der Waals surface area contributed by atoms with E-state index in [2.05, 4.69) is 5.32 Å². The van der Waals surface area contributed by atoms with Crippen LogP contribution < -0.4 is 10.1 Å². The van der Waals surface area contributed by atoms with Gasteiger partial charge in [0.1, 0.15) is 22.9 Å². The van der Waals surface area contributed by atoms with Gasteiger partial charge in [-0.1, -0.05) is 0 Å². The zero-order valence-electron chi connectivity index (χ0n) is 14.0. The van der Waals surface area contributed by atoms with Gasteiger partial charge in [-0.25, -0.2) is 0 Å². The number of furan rings is 1. The number of hydrogen-bond donors (Lipinski definition) is 2. The molecule has 1 unspecified atom stereocenters. The lowest BCUT2D eigenvalue weighted by atomic mass is 9.96. The first-order valence-electron chi connectivity index (χ1n) is 7.64. The molecule has 1 amide bonds. The maximum atomic E-state index is 12.2. The summed E-state index contributed by atoms with van der Waals surface area (Å²) in [6, 6.07) is 8.68. The van der Waals surface area contributed by atoms with Gasteiger partial charge in [-0.05, 0) is 58.0 Å². The molecular formula is C18H23NO4. The van der Waals surface area contributed by atoms with Crippen LogP contribution in [0.1, 0.15) is 41.3 Å². The minimum absolute atomic E-state index is 0.0961. The fraction of sp³-hybridized carbons (Fsp3) is 0.389. The summed E-state index contributed by atoms with van der Waals surface area (Å²) in [7, 11) is 0. The molecule has 1 atom stereocenters. The third-order valence-corrected chi connectivity index (χ3v) is 3.64. The van der Waals surface area contributed by atoms with Crippen molar-refractivity contribution in [3.63, 3.8) is 0 Å². The van der Waals surface area contributed by atoms with Gasteiger partial charge < -0.3 is 19.6 Å². The standard InChI is InChI=1S/C18H23NO4/c1-5-22-15-8-6-14(7-9-15)17(20)19-11-18(4,21)16-10-12(2)23-13(16)3/h6-10,21H,5,11H2,1-4H3,(H,19,20). The van der Waals surface area contributed by atoms with Crippen LogP contribution in [0.15, 0.2) is 34.7 Å². The second-order valence-electron chi connectivity index (χ2n) is 5.74. The van der Waals surface area contributed by atoms with Gasteiger partial charge in [0.15, 0.2) is 0 Å². The van der Waals surface area contributed by atoms with Gasteiger partial charge in [-0.3, -0.25) is 4.79 Å². The topological polar surface area (TPSA) is 71.7 Å². The minimum atomic E-state index is -1.19. The Morgan fingerprint density at radius 3 is 2.48 bits per heavy atom. The average Bonchev–Trinajstić information content (AvgIpc) is 2.85. The Morgan fingerprint density at radius 2 is 1.96 bits per heavy atom. The molecule has 1 aromatic carbocycles. The maximum absolute atomic E-state index is 12.2. The average molecular weight is 317 g/mol. The molecule has 2 aromatic rings. The molecule has 23 heavy (non-hydrogen) atoms. The first-order valence-corrected chi connectivity index (χ1v) is 7.64. The molecule has 0 saturated carbocycles. The fourth-order valence-corrected chi connectivity index (χ4v) is 2.48. The van der Waals surface area contributed by atoms with Crippen molar-refractivity contribution in [2.24, 2.45) is 0 Å². The molecule has 0 fully saturated rings. The first-order chi connectivity index (χ1) is 10.8. The number of carbonyl (C=O) groups is 1. The number of carbonyl (C=O) groups excluding carboxylic acids is 1. The summed E-state index contributed by atoms with van der Waals surface area (Å²) in [5.41, 5.74) is 0.00862. The van der Waals surface area contributed by atoms with E-state index in [1.807, 2.05) is 13.8 Å². The van der Waals surface area contributed by atoms with E-state index in [1.165, 1.54) is 0 Å². The van der Waals surface area contributed by atoms with E-state index in [1.54, 1.807) is 44.2 Å². The Labute approximate surface area is 136 Å². The van der Waals surface area contributed by atoms with Crippen LogP contribution in [0.4, 0.5) is 0 Å². The van der Waals surface area contributed by atoms with Crippen LogP contribution in [0.5, 0.6) is 5.75 Å². The predicted octanol–water partition coefficient (Wildman–Crippen LogP) is 2.93. The summed E-state index contributed by atoms with van der Waals surface area (Å²) in [5.74, 6) is 1.87. The van der Waals surface area contributed by atoms with Crippen molar-refractivity contribution < 1.29 is 19.1 Å². The highest BCUT2D eigenvalue weighted by Gasteiger charge is 2.28. The molecule has 2 rings (SSSR count). The van der Waals surface area contributed by atoms with Gasteiger partial charge in [-0.15, -0.1) is 0 Å². The van der Waals surface area contributed by atoms with Crippen molar-refractivity contribution in [2.75, 3.05) is 13.2 Å². The van der Waals surface area contributed by atoms with Crippen LogP contribution in [0, 0.1) is 13.8 Å². The zero-order valence-corrected chi connectivity index (χ0v) is 14.0. The summed E-state index contributed by atoms with van der Waals surface area (Å²) in [6.45, 7) is 7.86. The highest BCUT2D eigenvalue weighted by atomic mass is 16.5. The Morgan fingerprint density at radius 1 is 1.30 bits per heavy atom. The molecule has 5 heteroatoms. The molecule has 1 heterocycles. The molecular weight excluding hydrogens is 294 g/mol. The molecule has 0 spiro atoms. The van der Waals surface area contributed by atoms with Crippen molar-refractivity contribution in [1.82, 2.24) is 5.32 Å². The lowest BCUT2D eigenvalue weighted by Gasteiger charge is -2.23. The summed E-state index contributed by atoms with van der Waals surface area (Å²) < 4.78 is 10.8. The quantitative estimate of drug-likeness (QED) is 0.859. The van der Waals surface area contributed by atoms with E-state index in [0.29, 0.717) is 23.5 Å². The number of amides is 1. The molecule has 0 radical (unpaired) electrons. The fourth-order valence-electron chi connectivity index (χ4n) is 2.48. The van der Waals surface area contributed by atoms with E-state index < -0.39 is 5.60 Å². The van der Waals surface area contributed by atoms with Crippen molar-refractivity contribution in [3.8, 4) is 5.75 Å². The third-order valence-electron chi connectivity index (χ3n) is 3.64. The number of nitrogens with one attached hydrogen (secondary N) is 1. The number of rotatable bonds is 6. The summed E-state index contributed by atoms with van der Waals surface area (Å²) in [6.07, 6.45) is 0. The van der Waals surface area contributed by atoms with Crippen LogP contribution in [0.25, 0.3) is 0 Å². The third kappa shape index (κ3) is 4.13. The van der Waals surface area contributed by atoms with Gasteiger partial charge >= 0.3 is 0 Å². The van der Waals surface area contributed by atoms with E-state index in [4.69, 9.17) is 9.15 Å². The number of hydrogen-bond acceptors (Lipinski definition) is 4. The summed E-state index contributed by atoms with van der Waals surface area (Å²) in [4.78, 5) is 12.2. The summed E-state index contributed by atoms with van der Waals surface area (Å²) >= 11 is 0. The molecule has 0 aliphatic carbocycles. The van der Waals surface area contributed by atoms with Crippen LogP contribution in [0.2, 0.25) is 0 Å². The zero-order chi connectivity index (χ0) is 17.0. The molecule has 0 saturated heterocycles. The van der Waals surface area contributed by atoms with Gasteiger partial charge in [0.05, 0.1) is 13.2 Å². The van der Waals surface area contributed by atoms with E-state index in [0.717, 1.165) is 11.5 Å². The van der Waals surface area contributed by atoms with E-state index >= 15 is 0 Å². The smallest absolute Gasteiger partial charge is 0.251 e. The molecule has 124 valence electrons. The lowest BCUT2D eigenvalue weighted by molar-refractivity contribution is 0.0514. The van der Waals surface area contributed by atoms with Crippen LogP contribution in [-0.2, 0) is 5.60 Å². The van der Waals surface area contributed by atoms with Crippen molar-refractivity contribution in [1.29, 1.82) is 0 Å².